The lowest BCUT2D eigenvalue weighted by Crippen LogP contribution is -2.23. The lowest BCUT2D eigenvalue weighted by atomic mass is 10.1. The van der Waals surface area contributed by atoms with Crippen molar-refractivity contribution >= 4 is 22.9 Å². The van der Waals surface area contributed by atoms with E-state index in [-0.39, 0.29) is 11.5 Å². The minimum absolute atomic E-state index is 0.0920. The topological polar surface area (TPSA) is 57.8 Å². The number of nitrogens with one attached hydrogen (secondary N) is 1. The molecule has 4 aromatic rings. The van der Waals surface area contributed by atoms with E-state index in [9.17, 15) is 10.1 Å². The summed E-state index contributed by atoms with van der Waals surface area (Å²) in [6.07, 6.45) is 3.68. The molecule has 1 aromatic heterocycles. The van der Waals surface area contributed by atoms with Crippen LogP contribution >= 0.6 is 0 Å². The highest BCUT2D eigenvalue weighted by atomic mass is 16.1. The van der Waals surface area contributed by atoms with Gasteiger partial charge in [-0.05, 0) is 30.2 Å². The van der Waals surface area contributed by atoms with Crippen molar-refractivity contribution in [3.8, 4) is 6.07 Å². The molecule has 3 aromatic carbocycles. The van der Waals surface area contributed by atoms with Crippen LogP contribution in [-0.2, 0) is 17.9 Å². The van der Waals surface area contributed by atoms with Crippen molar-refractivity contribution in [1.29, 1.82) is 5.26 Å². The van der Waals surface area contributed by atoms with Gasteiger partial charge in [-0.2, -0.15) is 5.26 Å². The Morgan fingerprint density at radius 2 is 1.74 bits per heavy atom. The number of para-hydroxylation sites is 1. The zero-order valence-electron chi connectivity index (χ0n) is 17.4. The summed E-state index contributed by atoms with van der Waals surface area (Å²) < 4.78 is 2.16. The predicted octanol–water partition coefficient (Wildman–Crippen LogP) is 5.22. The molecule has 4 heteroatoms. The summed E-state index contributed by atoms with van der Waals surface area (Å²) in [7, 11) is 0. The Bertz CT molecular complexity index is 1290. The van der Waals surface area contributed by atoms with Crippen molar-refractivity contribution in [1.82, 2.24) is 9.88 Å². The van der Waals surface area contributed by atoms with Gasteiger partial charge in [0.25, 0.3) is 5.91 Å². The molecule has 0 aliphatic heterocycles. The smallest absolute Gasteiger partial charge is 0.262 e. The standard InChI is InChI=1S/C27H23N3O/c1-20-8-7-11-22(14-20)18-30-19-24(25-12-5-6-13-26(25)30)15-23(16-28)27(31)29-17-21-9-3-2-4-10-21/h2-15,19H,17-18H2,1H3,(H,29,31)/b23-15+. The maximum absolute atomic E-state index is 12.6. The number of rotatable bonds is 6. The number of aryl methyl sites for hydroxylation is 1. The van der Waals surface area contributed by atoms with Crippen LogP contribution < -0.4 is 5.32 Å². The molecule has 4 rings (SSSR count). The number of nitrogens with zero attached hydrogens (tertiary/aromatic N) is 2. The van der Waals surface area contributed by atoms with E-state index < -0.39 is 0 Å². The molecule has 1 heterocycles. The van der Waals surface area contributed by atoms with Gasteiger partial charge in [0.05, 0.1) is 0 Å². The van der Waals surface area contributed by atoms with Crippen LogP contribution in [0.15, 0.2) is 90.6 Å². The van der Waals surface area contributed by atoms with Crippen molar-refractivity contribution in [3.63, 3.8) is 0 Å². The molecular weight excluding hydrogens is 382 g/mol. The molecule has 0 spiro atoms. The predicted molar refractivity (Wildman–Crippen MR) is 124 cm³/mol. The van der Waals surface area contributed by atoms with Crippen molar-refractivity contribution in [3.05, 3.63) is 113 Å². The number of hydrogen-bond donors (Lipinski definition) is 1. The highest BCUT2D eigenvalue weighted by molar-refractivity contribution is 6.04. The van der Waals surface area contributed by atoms with Gasteiger partial charge >= 0.3 is 0 Å². The molecule has 0 unspecified atom stereocenters. The Morgan fingerprint density at radius 1 is 1.00 bits per heavy atom. The summed E-state index contributed by atoms with van der Waals surface area (Å²) in [5.41, 5.74) is 5.43. The Balaban J connectivity index is 1.62. The molecule has 152 valence electrons. The molecule has 0 aliphatic carbocycles. The van der Waals surface area contributed by atoms with Crippen LogP contribution in [0.25, 0.3) is 17.0 Å². The average molecular weight is 406 g/mol. The van der Waals surface area contributed by atoms with Crippen molar-refractivity contribution < 1.29 is 4.79 Å². The Morgan fingerprint density at radius 3 is 2.52 bits per heavy atom. The van der Waals surface area contributed by atoms with E-state index in [1.807, 2.05) is 54.7 Å². The summed E-state index contributed by atoms with van der Waals surface area (Å²) in [5.74, 6) is -0.373. The molecule has 0 radical (unpaired) electrons. The molecule has 0 fully saturated rings. The van der Waals surface area contributed by atoms with E-state index in [4.69, 9.17) is 0 Å². The van der Waals surface area contributed by atoms with E-state index in [1.54, 1.807) is 6.08 Å². The molecule has 31 heavy (non-hydrogen) atoms. The molecule has 0 atom stereocenters. The monoisotopic (exact) mass is 405 g/mol. The summed E-state index contributed by atoms with van der Waals surface area (Å²) in [5, 5.41) is 13.5. The maximum atomic E-state index is 12.6. The van der Waals surface area contributed by atoms with Gasteiger partial charge in [-0.25, -0.2) is 0 Å². The molecule has 0 saturated heterocycles. The molecule has 0 bridgehead atoms. The second kappa shape index (κ2) is 9.15. The van der Waals surface area contributed by atoms with Gasteiger partial charge < -0.3 is 9.88 Å². The SMILES string of the molecule is Cc1cccc(Cn2cc(/C=C(\C#N)C(=O)NCc3ccccc3)c3ccccc32)c1. The third-order valence-corrected chi connectivity index (χ3v) is 5.22. The summed E-state index contributed by atoms with van der Waals surface area (Å²) in [6.45, 7) is 3.19. The van der Waals surface area contributed by atoms with Crippen LogP contribution in [0.4, 0.5) is 0 Å². The van der Waals surface area contributed by atoms with Gasteiger partial charge in [-0.15, -0.1) is 0 Å². The fourth-order valence-electron chi connectivity index (χ4n) is 3.71. The van der Waals surface area contributed by atoms with E-state index >= 15 is 0 Å². The van der Waals surface area contributed by atoms with Gasteiger partial charge in [-0.1, -0.05) is 78.4 Å². The number of hydrogen-bond acceptors (Lipinski definition) is 2. The number of carbonyl (C=O) groups excluding carboxylic acids is 1. The van der Waals surface area contributed by atoms with Gasteiger partial charge in [-0.3, -0.25) is 4.79 Å². The van der Waals surface area contributed by atoms with Crippen molar-refractivity contribution in [2.24, 2.45) is 0 Å². The third kappa shape index (κ3) is 4.73. The molecule has 1 N–H and O–H groups in total. The summed E-state index contributed by atoms with van der Waals surface area (Å²) >= 11 is 0. The van der Waals surface area contributed by atoms with Crippen LogP contribution in [0, 0.1) is 18.3 Å². The lowest BCUT2D eigenvalue weighted by Gasteiger charge is -2.06. The fourth-order valence-corrected chi connectivity index (χ4v) is 3.71. The fraction of sp³-hybridized carbons (Fsp3) is 0.111. The minimum atomic E-state index is -0.373. The highest BCUT2D eigenvalue weighted by Crippen LogP contribution is 2.25. The minimum Gasteiger partial charge on any atom is -0.347 e. The van der Waals surface area contributed by atoms with Crippen LogP contribution in [0.3, 0.4) is 0 Å². The van der Waals surface area contributed by atoms with Gasteiger partial charge in [0.1, 0.15) is 11.6 Å². The van der Waals surface area contributed by atoms with Gasteiger partial charge in [0.15, 0.2) is 0 Å². The van der Waals surface area contributed by atoms with Crippen LogP contribution in [0.5, 0.6) is 0 Å². The van der Waals surface area contributed by atoms with Gasteiger partial charge in [0.2, 0.25) is 0 Å². The number of nitriles is 1. The largest absolute Gasteiger partial charge is 0.347 e. The number of amides is 1. The van der Waals surface area contributed by atoms with E-state index in [0.717, 1.165) is 28.6 Å². The van der Waals surface area contributed by atoms with Crippen LogP contribution in [0.1, 0.15) is 22.3 Å². The summed E-state index contributed by atoms with van der Waals surface area (Å²) in [6, 6.07) is 28.2. The first-order valence-electron chi connectivity index (χ1n) is 10.2. The first kappa shape index (κ1) is 20.2. The normalized spacial score (nSPS) is 11.3. The average Bonchev–Trinajstić information content (AvgIpc) is 3.13. The Labute approximate surface area is 182 Å². The molecule has 4 nitrogen and oxygen atoms in total. The number of carbonyl (C=O) groups is 1. The lowest BCUT2D eigenvalue weighted by molar-refractivity contribution is -0.117. The van der Waals surface area contributed by atoms with Crippen molar-refractivity contribution in [2.75, 3.05) is 0 Å². The zero-order chi connectivity index (χ0) is 21.6. The maximum Gasteiger partial charge on any atom is 0.262 e. The van der Waals surface area contributed by atoms with Crippen LogP contribution in [0.2, 0.25) is 0 Å². The van der Waals surface area contributed by atoms with E-state index in [0.29, 0.717) is 6.54 Å². The number of benzene rings is 3. The molecular formula is C27H23N3O. The van der Waals surface area contributed by atoms with Gasteiger partial charge in [0, 0.05) is 35.8 Å². The number of fused-ring (bicyclic) bond motifs is 1. The molecule has 0 saturated carbocycles. The molecule has 0 aliphatic rings. The van der Waals surface area contributed by atoms with E-state index in [2.05, 4.69) is 53.2 Å². The Kier molecular flexibility index (Phi) is 5.96. The highest BCUT2D eigenvalue weighted by Gasteiger charge is 2.12. The Hall–Kier alpha value is -4.10. The number of aromatic nitrogens is 1. The second-order valence-electron chi connectivity index (χ2n) is 7.56. The zero-order valence-corrected chi connectivity index (χ0v) is 17.4. The van der Waals surface area contributed by atoms with E-state index in [1.165, 1.54) is 11.1 Å². The second-order valence-corrected chi connectivity index (χ2v) is 7.56. The van der Waals surface area contributed by atoms with Crippen molar-refractivity contribution in [2.45, 2.75) is 20.0 Å². The first-order valence-corrected chi connectivity index (χ1v) is 10.2. The van der Waals surface area contributed by atoms with Crippen LogP contribution in [-0.4, -0.2) is 10.5 Å². The quantitative estimate of drug-likeness (QED) is 0.353. The third-order valence-electron chi connectivity index (χ3n) is 5.22. The molecule has 1 amide bonds. The first-order chi connectivity index (χ1) is 15.1. The summed E-state index contributed by atoms with van der Waals surface area (Å²) in [4.78, 5) is 12.6.